The predicted octanol–water partition coefficient (Wildman–Crippen LogP) is 3.15. The van der Waals surface area contributed by atoms with E-state index in [9.17, 15) is 4.79 Å². The third-order valence-corrected chi connectivity index (χ3v) is 2.95. The molecule has 0 aliphatic heterocycles. The van der Waals surface area contributed by atoms with Crippen LogP contribution in [-0.2, 0) is 0 Å². The van der Waals surface area contributed by atoms with Crippen LogP contribution in [0.4, 0.5) is 5.69 Å². The third kappa shape index (κ3) is 2.75. The zero-order chi connectivity index (χ0) is 12.3. The number of anilines is 1. The first-order valence-corrected chi connectivity index (χ1v) is 5.53. The highest BCUT2D eigenvalue weighted by Crippen LogP contribution is 2.21. The summed E-state index contributed by atoms with van der Waals surface area (Å²) in [6.07, 6.45) is 0. The largest absolute Gasteiger partial charge is 0.478 e. The molecule has 0 saturated carbocycles. The smallest absolute Gasteiger partial charge is 0.336 e. The van der Waals surface area contributed by atoms with E-state index in [1.807, 2.05) is 13.0 Å². The number of carboxylic acid groups (broad SMARTS) is 1. The van der Waals surface area contributed by atoms with Gasteiger partial charge in [-0.2, -0.15) is 0 Å². The second-order valence-electron chi connectivity index (χ2n) is 4.46. The van der Waals surface area contributed by atoms with Gasteiger partial charge in [0.2, 0.25) is 0 Å². The number of carboxylic acids is 1. The molecule has 0 aromatic heterocycles. The topological polar surface area (TPSA) is 49.3 Å². The molecule has 0 aliphatic carbocycles. The molecule has 0 radical (unpaired) electrons. The normalized spacial score (nSPS) is 12.6. The van der Waals surface area contributed by atoms with Crippen molar-refractivity contribution in [3.63, 3.8) is 0 Å². The molecule has 2 N–H and O–H groups in total. The van der Waals surface area contributed by atoms with Gasteiger partial charge in [-0.3, -0.25) is 0 Å². The number of hydrogen-bond donors (Lipinski definition) is 2. The first kappa shape index (κ1) is 12.6. The number of benzene rings is 1. The van der Waals surface area contributed by atoms with Crippen LogP contribution in [-0.4, -0.2) is 17.1 Å². The van der Waals surface area contributed by atoms with Gasteiger partial charge in [0, 0.05) is 11.7 Å². The van der Waals surface area contributed by atoms with Gasteiger partial charge in [0.25, 0.3) is 0 Å². The molecule has 0 bridgehead atoms. The zero-order valence-electron chi connectivity index (χ0n) is 10.2. The molecule has 1 rings (SSSR count). The molecule has 1 atom stereocenters. The van der Waals surface area contributed by atoms with Crippen molar-refractivity contribution < 1.29 is 9.90 Å². The highest BCUT2D eigenvalue weighted by atomic mass is 16.4. The van der Waals surface area contributed by atoms with E-state index in [0.29, 0.717) is 17.5 Å². The number of nitrogens with one attached hydrogen (secondary N) is 1. The Hall–Kier alpha value is -1.51. The Morgan fingerprint density at radius 2 is 1.94 bits per heavy atom. The Morgan fingerprint density at radius 1 is 1.31 bits per heavy atom. The summed E-state index contributed by atoms with van der Waals surface area (Å²) >= 11 is 0. The van der Waals surface area contributed by atoms with Crippen molar-refractivity contribution in [1.82, 2.24) is 0 Å². The van der Waals surface area contributed by atoms with E-state index < -0.39 is 5.97 Å². The summed E-state index contributed by atoms with van der Waals surface area (Å²) in [6.45, 7) is 8.19. The fraction of sp³-hybridized carbons (Fsp3) is 0.462. The van der Waals surface area contributed by atoms with E-state index in [-0.39, 0.29) is 0 Å². The minimum absolute atomic E-state index is 0.322. The van der Waals surface area contributed by atoms with Crippen molar-refractivity contribution >= 4 is 11.7 Å². The molecular formula is C13H19NO2. The lowest BCUT2D eigenvalue weighted by atomic mass is 10.0. The zero-order valence-corrected chi connectivity index (χ0v) is 10.2. The summed E-state index contributed by atoms with van der Waals surface area (Å²) in [7, 11) is 0. The van der Waals surface area contributed by atoms with Gasteiger partial charge >= 0.3 is 5.97 Å². The van der Waals surface area contributed by atoms with Gasteiger partial charge in [-0.05, 0) is 37.5 Å². The number of aromatic carboxylic acids is 1. The molecule has 88 valence electrons. The maximum Gasteiger partial charge on any atom is 0.336 e. The lowest BCUT2D eigenvalue weighted by Gasteiger charge is -2.20. The van der Waals surface area contributed by atoms with Gasteiger partial charge in [-0.1, -0.05) is 19.9 Å². The average Bonchev–Trinajstić information content (AvgIpc) is 2.20. The van der Waals surface area contributed by atoms with E-state index in [4.69, 9.17) is 5.11 Å². The standard InChI is InChI=1S/C13H19NO2/c1-8(2)10(4)14-12-7-5-6-11(9(12)3)13(15)16/h5-8,10,14H,1-4H3,(H,15,16)/t10-/m0/s1. The van der Waals surface area contributed by atoms with Crippen molar-refractivity contribution in [2.24, 2.45) is 5.92 Å². The highest BCUT2D eigenvalue weighted by Gasteiger charge is 2.12. The van der Waals surface area contributed by atoms with Crippen LogP contribution >= 0.6 is 0 Å². The molecular weight excluding hydrogens is 202 g/mol. The summed E-state index contributed by atoms with van der Waals surface area (Å²) in [5.74, 6) is -0.369. The molecule has 0 aliphatic rings. The van der Waals surface area contributed by atoms with Gasteiger partial charge in [0.05, 0.1) is 5.56 Å². The molecule has 0 heterocycles. The molecule has 16 heavy (non-hydrogen) atoms. The van der Waals surface area contributed by atoms with Crippen LogP contribution in [0.25, 0.3) is 0 Å². The molecule has 1 aromatic rings. The summed E-state index contributed by atoms with van der Waals surface area (Å²) in [5, 5.41) is 12.3. The number of rotatable bonds is 4. The lowest BCUT2D eigenvalue weighted by Crippen LogP contribution is -2.22. The van der Waals surface area contributed by atoms with E-state index in [1.165, 1.54) is 0 Å². The van der Waals surface area contributed by atoms with Crippen molar-refractivity contribution in [2.75, 3.05) is 5.32 Å². The number of hydrogen-bond acceptors (Lipinski definition) is 2. The molecule has 0 unspecified atom stereocenters. The highest BCUT2D eigenvalue weighted by molar-refractivity contribution is 5.91. The predicted molar refractivity (Wildman–Crippen MR) is 66.1 cm³/mol. The van der Waals surface area contributed by atoms with Crippen molar-refractivity contribution in [1.29, 1.82) is 0 Å². The SMILES string of the molecule is Cc1c(N[C@@H](C)C(C)C)cccc1C(=O)O. The molecule has 0 amide bonds. The first-order valence-electron chi connectivity index (χ1n) is 5.53. The molecule has 0 fully saturated rings. The van der Waals surface area contributed by atoms with E-state index >= 15 is 0 Å². The minimum atomic E-state index is -0.877. The summed E-state index contributed by atoms with van der Waals surface area (Å²) in [6, 6.07) is 5.64. The van der Waals surface area contributed by atoms with Crippen LogP contribution in [0.3, 0.4) is 0 Å². The third-order valence-electron chi connectivity index (χ3n) is 2.95. The van der Waals surface area contributed by atoms with E-state index in [1.54, 1.807) is 12.1 Å². The maximum atomic E-state index is 11.0. The van der Waals surface area contributed by atoms with Gasteiger partial charge in [-0.25, -0.2) is 4.79 Å². The summed E-state index contributed by atoms with van der Waals surface area (Å²) in [5.41, 5.74) is 2.06. The maximum absolute atomic E-state index is 11.0. The van der Waals surface area contributed by atoms with Crippen LogP contribution in [0, 0.1) is 12.8 Å². The van der Waals surface area contributed by atoms with E-state index in [2.05, 4.69) is 26.1 Å². The van der Waals surface area contributed by atoms with Crippen LogP contribution in [0.15, 0.2) is 18.2 Å². The Balaban J connectivity index is 2.98. The molecule has 0 spiro atoms. The Morgan fingerprint density at radius 3 is 2.44 bits per heavy atom. The average molecular weight is 221 g/mol. The molecule has 3 heteroatoms. The first-order chi connectivity index (χ1) is 7.43. The summed E-state index contributed by atoms with van der Waals surface area (Å²) in [4.78, 5) is 11.0. The Kier molecular flexibility index (Phi) is 3.93. The quantitative estimate of drug-likeness (QED) is 0.821. The number of carbonyl (C=O) groups is 1. The van der Waals surface area contributed by atoms with Crippen molar-refractivity contribution in [2.45, 2.75) is 33.7 Å². The van der Waals surface area contributed by atoms with Gasteiger partial charge in [-0.15, -0.1) is 0 Å². The van der Waals surface area contributed by atoms with Gasteiger partial charge < -0.3 is 10.4 Å². The lowest BCUT2D eigenvalue weighted by molar-refractivity contribution is 0.0696. The molecule has 1 aromatic carbocycles. The van der Waals surface area contributed by atoms with E-state index in [0.717, 1.165) is 11.3 Å². The van der Waals surface area contributed by atoms with Crippen LogP contribution < -0.4 is 5.32 Å². The minimum Gasteiger partial charge on any atom is -0.478 e. The Bertz CT molecular complexity index is 386. The second-order valence-corrected chi connectivity index (χ2v) is 4.46. The monoisotopic (exact) mass is 221 g/mol. The molecule has 0 saturated heterocycles. The second kappa shape index (κ2) is 5.01. The van der Waals surface area contributed by atoms with Crippen LogP contribution in [0.5, 0.6) is 0 Å². The van der Waals surface area contributed by atoms with Gasteiger partial charge in [0.15, 0.2) is 0 Å². The van der Waals surface area contributed by atoms with Crippen molar-refractivity contribution in [3.8, 4) is 0 Å². The fourth-order valence-electron chi connectivity index (χ4n) is 1.44. The van der Waals surface area contributed by atoms with Crippen LogP contribution in [0.1, 0.15) is 36.7 Å². The summed E-state index contributed by atoms with van der Waals surface area (Å²) < 4.78 is 0. The van der Waals surface area contributed by atoms with Gasteiger partial charge in [0.1, 0.15) is 0 Å². The fourth-order valence-corrected chi connectivity index (χ4v) is 1.44. The van der Waals surface area contributed by atoms with Crippen LogP contribution in [0.2, 0.25) is 0 Å². The van der Waals surface area contributed by atoms with Crippen molar-refractivity contribution in [3.05, 3.63) is 29.3 Å². The molecule has 3 nitrogen and oxygen atoms in total. The Labute approximate surface area is 96.5 Å².